The fraction of sp³-hybridized carbons (Fsp3) is 0.136. The number of fused-ring (bicyclic) bond motifs is 1. The number of primary amides is 1. The van der Waals surface area contributed by atoms with Crippen LogP contribution in [0.15, 0.2) is 54.7 Å². The molecular formula is C22H22N4O3. The van der Waals surface area contributed by atoms with Crippen molar-refractivity contribution in [1.29, 1.82) is 0 Å². The molecule has 29 heavy (non-hydrogen) atoms. The van der Waals surface area contributed by atoms with Crippen LogP contribution in [-0.2, 0) is 9.59 Å². The Morgan fingerprint density at radius 3 is 2.52 bits per heavy atom. The zero-order valence-corrected chi connectivity index (χ0v) is 16.2. The first-order valence-corrected chi connectivity index (χ1v) is 9.19. The molecule has 0 saturated carbocycles. The lowest BCUT2D eigenvalue weighted by molar-refractivity contribution is -0.117. The van der Waals surface area contributed by atoms with Crippen molar-refractivity contribution < 1.29 is 14.4 Å². The molecule has 0 saturated heterocycles. The minimum absolute atomic E-state index is 0.322. The van der Waals surface area contributed by atoms with Gasteiger partial charge in [-0.25, -0.2) is 0 Å². The van der Waals surface area contributed by atoms with Crippen LogP contribution in [0.2, 0.25) is 0 Å². The highest BCUT2D eigenvalue weighted by Gasteiger charge is 2.15. The summed E-state index contributed by atoms with van der Waals surface area (Å²) in [6.45, 7) is 4.20. The van der Waals surface area contributed by atoms with Crippen molar-refractivity contribution in [3.8, 4) is 11.1 Å². The lowest BCUT2D eigenvalue weighted by atomic mass is 9.94. The number of likely N-dealkylation sites (N-methyl/N-ethyl adjacent to an activating group) is 1. The molecule has 0 bridgehead atoms. The number of hydrogen-bond donors (Lipinski definition) is 4. The van der Waals surface area contributed by atoms with Gasteiger partial charge < -0.3 is 21.4 Å². The van der Waals surface area contributed by atoms with Crippen molar-refractivity contribution in [2.24, 2.45) is 5.73 Å². The first-order valence-electron chi connectivity index (χ1n) is 9.19. The van der Waals surface area contributed by atoms with Gasteiger partial charge in [-0.2, -0.15) is 0 Å². The van der Waals surface area contributed by atoms with Gasteiger partial charge in [0, 0.05) is 36.0 Å². The molecule has 1 heterocycles. The van der Waals surface area contributed by atoms with Gasteiger partial charge in [0.1, 0.15) is 0 Å². The average molecular weight is 390 g/mol. The third kappa shape index (κ3) is 4.19. The number of carbonyl (C=O) groups excluding carboxylic acids is 3. The zero-order chi connectivity index (χ0) is 21.0. The molecule has 0 spiro atoms. The monoisotopic (exact) mass is 390 g/mol. The molecule has 2 aromatic carbocycles. The summed E-state index contributed by atoms with van der Waals surface area (Å²) < 4.78 is 0. The summed E-state index contributed by atoms with van der Waals surface area (Å²) >= 11 is 0. The Morgan fingerprint density at radius 1 is 1.03 bits per heavy atom. The quantitative estimate of drug-likeness (QED) is 0.485. The van der Waals surface area contributed by atoms with Crippen molar-refractivity contribution in [2.75, 3.05) is 11.9 Å². The highest BCUT2D eigenvalue weighted by atomic mass is 16.2. The van der Waals surface area contributed by atoms with Crippen LogP contribution in [0.5, 0.6) is 0 Å². The number of H-pyrrole nitrogens is 1. The Bertz CT molecular complexity index is 1130. The molecule has 148 valence electrons. The molecule has 0 radical (unpaired) electrons. The predicted octanol–water partition coefficient (Wildman–Crippen LogP) is 2.87. The van der Waals surface area contributed by atoms with E-state index in [2.05, 4.69) is 15.6 Å². The highest BCUT2D eigenvalue weighted by Crippen LogP contribution is 2.34. The third-order valence-electron chi connectivity index (χ3n) is 4.61. The van der Waals surface area contributed by atoms with E-state index in [-0.39, 0.29) is 5.91 Å². The number of aromatic nitrogens is 1. The van der Waals surface area contributed by atoms with Crippen LogP contribution in [0, 0.1) is 6.92 Å². The van der Waals surface area contributed by atoms with Gasteiger partial charge in [-0.05, 0) is 48.7 Å². The number of aromatic amines is 1. The van der Waals surface area contributed by atoms with Crippen molar-refractivity contribution in [1.82, 2.24) is 10.3 Å². The van der Waals surface area contributed by atoms with E-state index in [0.717, 1.165) is 22.1 Å². The average Bonchev–Trinajstić information content (AvgIpc) is 3.17. The topological polar surface area (TPSA) is 117 Å². The number of benzene rings is 2. The SMILES string of the molecule is CCNC(=O)C=CC(=O)Nc1cccc(-c2ccc(C(N)=O)c3[nH]ccc23)c1C. The number of anilines is 1. The summed E-state index contributed by atoms with van der Waals surface area (Å²) in [5.41, 5.74) is 9.89. The Labute approximate surface area is 168 Å². The maximum atomic E-state index is 12.2. The van der Waals surface area contributed by atoms with Crippen LogP contribution in [-0.4, -0.2) is 29.3 Å². The number of hydrogen-bond acceptors (Lipinski definition) is 3. The van der Waals surface area contributed by atoms with Crippen molar-refractivity contribution in [3.63, 3.8) is 0 Å². The van der Waals surface area contributed by atoms with E-state index in [1.807, 2.05) is 31.2 Å². The van der Waals surface area contributed by atoms with Gasteiger partial charge in [0.2, 0.25) is 11.8 Å². The minimum atomic E-state index is -0.499. The van der Waals surface area contributed by atoms with Crippen molar-refractivity contribution >= 4 is 34.3 Å². The highest BCUT2D eigenvalue weighted by molar-refractivity contribution is 6.10. The second-order valence-electron chi connectivity index (χ2n) is 6.49. The van der Waals surface area contributed by atoms with E-state index in [1.165, 1.54) is 12.2 Å². The smallest absolute Gasteiger partial charge is 0.250 e. The Balaban J connectivity index is 1.94. The van der Waals surface area contributed by atoms with Crippen LogP contribution in [0.4, 0.5) is 5.69 Å². The van der Waals surface area contributed by atoms with E-state index in [4.69, 9.17) is 5.73 Å². The van der Waals surface area contributed by atoms with Crippen LogP contribution in [0.1, 0.15) is 22.8 Å². The molecule has 0 atom stereocenters. The van der Waals surface area contributed by atoms with E-state index in [1.54, 1.807) is 25.3 Å². The number of nitrogens with one attached hydrogen (secondary N) is 3. The van der Waals surface area contributed by atoms with Crippen LogP contribution in [0.25, 0.3) is 22.0 Å². The van der Waals surface area contributed by atoms with E-state index in [0.29, 0.717) is 23.3 Å². The standard InChI is InChI=1S/C22H22N4O3/c1-3-24-19(27)9-10-20(28)26-18-6-4-5-14(13(18)2)15-7-8-17(22(23)29)21-16(15)11-12-25-21/h4-12,25H,3H2,1-2H3,(H2,23,29)(H,24,27)(H,26,28). The maximum Gasteiger partial charge on any atom is 0.250 e. The molecule has 3 amide bonds. The number of nitrogens with two attached hydrogens (primary N) is 1. The summed E-state index contributed by atoms with van der Waals surface area (Å²) in [6.07, 6.45) is 4.15. The molecule has 1 aromatic heterocycles. The van der Waals surface area contributed by atoms with Gasteiger partial charge in [-0.15, -0.1) is 0 Å². The van der Waals surface area contributed by atoms with Crippen molar-refractivity contribution in [3.05, 3.63) is 65.9 Å². The molecule has 3 rings (SSSR count). The summed E-state index contributed by atoms with van der Waals surface area (Å²) in [4.78, 5) is 38.4. The summed E-state index contributed by atoms with van der Waals surface area (Å²) in [6, 6.07) is 11.0. The normalized spacial score (nSPS) is 11.0. The largest absolute Gasteiger partial charge is 0.366 e. The molecule has 3 aromatic rings. The van der Waals surface area contributed by atoms with Gasteiger partial charge in [-0.3, -0.25) is 14.4 Å². The van der Waals surface area contributed by atoms with Crippen LogP contribution in [0.3, 0.4) is 0 Å². The maximum absolute atomic E-state index is 12.2. The summed E-state index contributed by atoms with van der Waals surface area (Å²) in [5.74, 6) is -1.22. The molecule has 0 aliphatic rings. The van der Waals surface area contributed by atoms with Gasteiger partial charge in [-0.1, -0.05) is 18.2 Å². The molecule has 0 fully saturated rings. The van der Waals surface area contributed by atoms with Crippen LogP contribution < -0.4 is 16.4 Å². The number of carbonyl (C=O) groups is 3. The Hall–Kier alpha value is -3.87. The first-order chi connectivity index (χ1) is 13.9. The lowest BCUT2D eigenvalue weighted by Gasteiger charge is -2.13. The second-order valence-corrected chi connectivity index (χ2v) is 6.49. The van der Waals surface area contributed by atoms with Gasteiger partial charge >= 0.3 is 0 Å². The first kappa shape index (κ1) is 19.9. The molecule has 0 aliphatic heterocycles. The molecule has 7 nitrogen and oxygen atoms in total. The van der Waals surface area contributed by atoms with Gasteiger partial charge in [0.05, 0.1) is 11.1 Å². The van der Waals surface area contributed by atoms with E-state index in [9.17, 15) is 14.4 Å². The molecular weight excluding hydrogens is 368 g/mol. The number of amides is 3. The van der Waals surface area contributed by atoms with Gasteiger partial charge in [0.15, 0.2) is 0 Å². The fourth-order valence-electron chi connectivity index (χ4n) is 3.22. The predicted molar refractivity (Wildman–Crippen MR) is 113 cm³/mol. The lowest BCUT2D eigenvalue weighted by Crippen LogP contribution is -2.20. The number of rotatable bonds is 6. The fourth-order valence-corrected chi connectivity index (χ4v) is 3.22. The molecule has 5 N–H and O–H groups in total. The van der Waals surface area contributed by atoms with E-state index >= 15 is 0 Å². The van der Waals surface area contributed by atoms with E-state index < -0.39 is 11.8 Å². The minimum Gasteiger partial charge on any atom is -0.366 e. The Morgan fingerprint density at radius 2 is 1.79 bits per heavy atom. The molecule has 0 unspecified atom stereocenters. The second kappa shape index (κ2) is 8.43. The Kier molecular flexibility index (Phi) is 5.78. The zero-order valence-electron chi connectivity index (χ0n) is 16.2. The molecule has 0 aliphatic carbocycles. The van der Waals surface area contributed by atoms with Crippen LogP contribution >= 0.6 is 0 Å². The van der Waals surface area contributed by atoms with Gasteiger partial charge in [0.25, 0.3) is 5.91 Å². The molecule has 7 heteroatoms. The van der Waals surface area contributed by atoms with Crippen molar-refractivity contribution in [2.45, 2.75) is 13.8 Å². The summed E-state index contributed by atoms with van der Waals surface area (Å²) in [7, 11) is 0. The third-order valence-corrected chi connectivity index (χ3v) is 4.61. The summed E-state index contributed by atoms with van der Waals surface area (Å²) in [5, 5.41) is 6.26.